The Hall–Kier alpha value is -0.500. The molecule has 0 aromatic carbocycles. The first-order valence-electron chi connectivity index (χ1n) is 6.41. The number of hydrogen-bond donors (Lipinski definition) is 1. The molecule has 0 saturated carbocycles. The average Bonchev–Trinajstić information content (AvgIpc) is 2.77. The highest BCUT2D eigenvalue weighted by molar-refractivity contribution is 7.91. The van der Waals surface area contributed by atoms with Gasteiger partial charge in [-0.25, -0.2) is 8.42 Å². The molecule has 1 fully saturated rings. The van der Waals surface area contributed by atoms with Crippen molar-refractivity contribution in [2.24, 2.45) is 5.73 Å². The third-order valence-corrected chi connectivity index (χ3v) is 7.07. The number of rotatable bonds is 3. The Balaban J connectivity index is 2.21. The molecule has 7 heteroatoms. The van der Waals surface area contributed by atoms with E-state index < -0.39 is 10.0 Å². The summed E-state index contributed by atoms with van der Waals surface area (Å²) in [5.74, 6) is 0. The molecule has 19 heavy (non-hydrogen) atoms. The third-order valence-electron chi connectivity index (χ3n) is 3.23. The molecule has 1 aliphatic heterocycles. The van der Waals surface area contributed by atoms with Crippen LogP contribution in [0.3, 0.4) is 0 Å². The number of nitrogens with zero attached hydrogens (tertiary/aromatic N) is 1. The molecule has 0 spiro atoms. The first-order valence-corrected chi connectivity index (χ1v) is 9.08. The van der Waals surface area contributed by atoms with Crippen LogP contribution in [0, 0.1) is 0 Å². The summed E-state index contributed by atoms with van der Waals surface area (Å²) >= 11 is 6.03. The quantitative estimate of drug-likeness (QED) is 0.869. The van der Waals surface area contributed by atoms with Gasteiger partial charge in [-0.2, -0.15) is 4.31 Å². The standard InChI is InChI=1S/C12H18N2O2S3/c13-12(17)10-6-7-11(18-10)19(15,16)14-8-4-2-1-3-5-9-14/h6-7H,1-5,8-9H2,(H2,13,17). The number of thiocarbonyl (C=S) groups is 1. The van der Waals surface area contributed by atoms with E-state index in [1.165, 1.54) is 6.42 Å². The van der Waals surface area contributed by atoms with Gasteiger partial charge < -0.3 is 5.73 Å². The molecule has 0 amide bonds. The Bertz CT molecular complexity index is 543. The number of hydrogen-bond acceptors (Lipinski definition) is 4. The molecule has 106 valence electrons. The molecule has 4 nitrogen and oxygen atoms in total. The highest BCUT2D eigenvalue weighted by Gasteiger charge is 2.26. The van der Waals surface area contributed by atoms with E-state index in [1.807, 2.05) is 0 Å². The Morgan fingerprint density at radius 1 is 1.16 bits per heavy atom. The van der Waals surface area contributed by atoms with Crippen LogP contribution in [0.2, 0.25) is 0 Å². The summed E-state index contributed by atoms with van der Waals surface area (Å²) in [5.41, 5.74) is 5.53. The van der Waals surface area contributed by atoms with Crippen LogP contribution in [0.5, 0.6) is 0 Å². The smallest absolute Gasteiger partial charge is 0.252 e. The lowest BCUT2D eigenvalue weighted by Crippen LogP contribution is -2.33. The summed E-state index contributed by atoms with van der Waals surface area (Å²) in [5, 5.41) is 0. The zero-order valence-electron chi connectivity index (χ0n) is 10.7. The van der Waals surface area contributed by atoms with E-state index in [0.29, 0.717) is 22.2 Å². The molecule has 0 atom stereocenters. The fourth-order valence-corrected chi connectivity index (χ4v) is 5.20. The number of thiophene rings is 1. The van der Waals surface area contributed by atoms with Gasteiger partial charge in [-0.3, -0.25) is 0 Å². The summed E-state index contributed by atoms with van der Waals surface area (Å²) in [7, 11) is -3.38. The second-order valence-electron chi connectivity index (χ2n) is 4.65. The van der Waals surface area contributed by atoms with E-state index in [-0.39, 0.29) is 4.99 Å². The van der Waals surface area contributed by atoms with Crippen molar-refractivity contribution in [1.29, 1.82) is 0 Å². The zero-order valence-corrected chi connectivity index (χ0v) is 13.1. The van der Waals surface area contributed by atoms with Gasteiger partial charge in [0.1, 0.15) is 9.20 Å². The fraction of sp³-hybridized carbons (Fsp3) is 0.583. The Labute approximate surface area is 123 Å². The van der Waals surface area contributed by atoms with Crippen LogP contribution in [0.25, 0.3) is 0 Å². The van der Waals surface area contributed by atoms with E-state index in [0.717, 1.165) is 37.0 Å². The fourth-order valence-electron chi connectivity index (χ4n) is 2.18. The molecular formula is C12H18N2O2S3. The minimum atomic E-state index is -3.38. The highest BCUT2D eigenvalue weighted by atomic mass is 32.2. The van der Waals surface area contributed by atoms with Crippen LogP contribution in [-0.4, -0.2) is 30.8 Å². The van der Waals surface area contributed by atoms with E-state index in [2.05, 4.69) is 0 Å². The molecule has 1 aromatic heterocycles. The van der Waals surface area contributed by atoms with Crippen molar-refractivity contribution in [2.45, 2.75) is 36.3 Å². The second-order valence-corrected chi connectivity index (χ2v) is 8.34. The van der Waals surface area contributed by atoms with Gasteiger partial charge in [0.05, 0.1) is 4.88 Å². The molecule has 1 aromatic rings. The third kappa shape index (κ3) is 3.53. The van der Waals surface area contributed by atoms with Crippen LogP contribution in [0.1, 0.15) is 37.0 Å². The lowest BCUT2D eigenvalue weighted by atomic mass is 10.1. The SMILES string of the molecule is NC(=S)c1ccc(S(=O)(=O)N2CCCCCCC2)s1. The van der Waals surface area contributed by atoms with Crippen molar-refractivity contribution in [2.75, 3.05) is 13.1 Å². The molecule has 0 unspecified atom stereocenters. The topological polar surface area (TPSA) is 63.4 Å². The van der Waals surface area contributed by atoms with Gasteiger partial charge in [0.2, 0.25) is 0 Å². The summed E-state index contributed by atoms with van der Waals surface area (Å²) in [6.07, 6.45) is 5.29. The van der Waals surface area contributed by atoms with Crippen molar-refractivity contribution in [1.82, 2.24) is 4.31 Å². The highest BCUT2D eigenvalue weighted by Crippen LogP contribution is 2.26. The first kappa shape index (κ1) is 14.9. The van der Waals surface area contributed by atoms with E-state index in [9.17, 15) is 8.42 Å². The number of nitrogens with two attached hydrogens (primary N) is 1. The van der Waals surface area contributed by atoms with Gasteiger partial charge in [0, 0.05) is 13.1 Å². The van der Waals surface area contributed by atoms with Gasteiger partial charge in [0.15, 0.2) is 0 Å². The molecule has 0 aliphatic carbocycles. The van der Waals surface area contributed by atoms with Gasteiger partial charge in [-0.15, -0.1) is 11.3 Å². The lowest BCUT2D eigenvalue weighted by Gasteiger charge is -2.23. The average molecular weight is 318 g/mol. The van der Waals surface area contributed by atoms with Gasteiger partial charge in [-0.1, -0.05) is 31.5 Å². The van der Waals surface area contributed by atoms with E-state index in [1.54, 1.807) is 16.4 Å². The molecule has 1 saturated heterocycles. The maximum absolute atomic E-state index is 12.5. The minimum absolute atomic E-state index is 0.249. The predicted octanol–water partition coefficient (Wildman–Crippen LogP) is 2.34. The van der Waals surface area contributed by atoms with E-state index in [4.69, 9.17) is 18.0 Å². The van der Waals surface area contributed by atoms with Crippen molar-refractivity contribution in [3.63, 3.8) is 0 Å². The molecule has 2 rings (SSSR count). The molecular weight excluding hydrogens is 300 g/mol. The maximum Gasteiger partial charge on any atom is 0.252 e. The predicted molar refractivity (Wildman–Crippen MR) is 82.1 cm³/mol. The normalized spacial score (nSPS) is 18.7. The summed E-state index contributed by atoms with van der Waals surface area (Å²) in [4.78, 5) is 0.903. The second kappa shape index (κ2) is 6.30. The van der Waals surface area contributed by atoms with Gasteiger partial charge in [-0.05, 0) is 25.0 Å². The Morgan fingerprint density at radius 3 is 2.26 bits per heavy atom. The van der Waals surface area contributed by atoms with Crippen LogP contribution < -0.4 is 5.73 Å². The summed E-state index contributed by atoms with van der Waals surface area (Å²) in [6.45, 7) is 1.23. The minimum Gasteiger partial charge on any atom is -0.389 e. The van der Waals surface area contributed by atoms with E-state index >= 15 is 0 Å². The van der Waals surface area contributed by atoms with Crippen LogP contribution in [-0.2, 0) is 10.0 Å². The summed E-state index contributed by atoms with van der Waals surface area (Å²) < 4.78 is 27.0. The summed E-state index contributed by atoms with van der Waals surface area (Å²) in [6, 6.07) is 3.29. The van der Waals surface area contributed by atoms with Crippen LogP contribution in [0.4, 0.5) is 0 Å². The lowest BCUT2D eigenvalue weighted by molar-refractivity contribution is 0.365. The first-order chi connectivity index (χ1) is 9.01. The van der Waals surface area contributed by atoms with Crippen LogP contribution >= 0.6 is 23.6 Å². The number of sulfonamides is 1. The molecule has 1 aliphatic rings. The zero-order chi connectivity index (χ0) is 13.9. The molecule has 0 bridgehead atoms. The largest absolute Gasteiger partial charge is 0.389 e. The molecule has 0 radical (unpaired) electrons. The van der Waals surface area contributed by atoms with Gasteiger partial charge in [0.25, 0.3) is 10.0 Å². The molecule has 2 heterocycles. The van der Waals surface area contributed by atoms with Crippen molar-refractivity contribution in [3.05, 3.63) is 17.0 Å². The molecule has 2 N–H and O–H groups in total. The van der Waals surface area contributed by atoms with Crippen LogP contribution in [0.15, 0.2) is 16.3 Å². The monoisotopic (exact) mass is 318 g/mol. The van der Waals surface area contributed by atoms with Crippen molar-refractivity contribution >= 4 is 38.6 Å². The maximum atomic E-state index is 12.5. The Kier molecular flexibility index (Phi) is 4.94. The van der Waals surface area contributed by atoms with Crippen molar-refractivity contribution in [3.8, 4) is 0 Å². The van der Waals surface area contributed by atoms with Gasteiger partial charge >= 0.3 is 0 Å². The van der Waals surface area contributed by atoms with Crippen molar-refractivity contribution < 1.29 is 8.42 Å². The Morgan fingerprint density at radius 2 is 1.74 bits per heavy atom.